The van der Waals surface area contributed by atoms with E-state index in [-0.39, 0.29) is 11.7 Å². The Morgan fingerprint density at radius 2 is 2.26 bits per heavy atom. The van der Waals surface area contributed by atoms with Crippen LogP contribution in [0.5, 0.6) is 0 Å². The van der Waals surface area contributed by atoms with Crippen molar-refractivity contribution in [3.63, 3.8) is 0 Å². The molecule has 178 valence electrons. The van der Waals surface area contributed by atoms with Crippen molar-refractivity contribution < 1.29 is 4.79 Å². The average molecular weight is 512 g/mol. The van der Waals surface area contributed by atoms with Crippen molar-refractivity contribution in [2.75, 3.05) is 11.1 Å². The zero-order chi connectivity index (χ0) is 24.2. The molecule has 1 aliphatic carbocycles. The van der Waals surface area contributed by atoms with Crippen LogP contribution in [0.2, 0.25) is 0 Å². The highest BCUT2D eigenvalue weighted by Crippen LogP contribution is 2.40. The second-order valence-electron chi connectivity index (χ2n) is 8.42. The maximum Gasteiger partial charge on any atom is 0.235 e. The molecule has 0 fully saturated rings. The number of allylic oxidation sites excluding steroid dienone is 1. The number of amides is 1. The molecule has 0 saturated heterocycles. The number of hydrogen-bond acceptors (Lipinski definition) is 7. The Balaban J connectivity index is 1.49. The fraction of sp³-hybridized carbons (Fsp3) is 0.440. The summed E-state index contributed by atoms with van der Waals surface area (Å²) in [5, 5.41) is 25.1. The number of aryl methyl sites for hydroxylation is 1. The Morgan fingerprint density at radius 3 is 2.97 bits per heavy atom. The minimum Gasteiger partial charge on any atom is -0.316 e. The molecule has 0 radical (unpaired) electrons. The molecule has 0 aliphatic heterocycles. The van der Waals surface area contributed by atoms with E-state index in [2.05, 4.69) is 54.3 Å². The van der Waals surface area contributed by atoms with Crippen LogP contribution in [0.4, 0.5) is 5.00 Å². The van der Waals surface area contributed by atoms with E-state index in [0.29, 0.717) is 28.2 Å². The molecule has 3 aromatic rings. The van der Waals surface area contributed by atoms with Crippen LogP contribution in [-0.4, -0.2) is 26.4 Å². The number of carbonyl (C=O) groups excluding carboxylic acids is 1. The molecule has 0 spiro atoms. The van der Waals surface area contributed by atoms with Gasteiger partial charge in [0.05, 0.1) is 11.3 Å². The number of thiophene rings is 2. The van der Waals surface area contributed by atoms with E-state index in [9.17, 15) is 10.1 Å². The normalized spacial score (nSPS) is 15.1. The first-order chi connectivity index (χ1) is 16.5. The van der Waals surface area contributed by atoms with Gasteiger partial charge in [0.25, 0.3) is 0 Å². The monoisotopic (exact) mass is 511 g/mol. The number of nitriles is 1. The minimum absolute atomic E-state index is 0.137. The molecule has 0 aromatic carbocycles. The van der Waals surface area contributed by atoms with Crippen molar-refractivity contribution in [3.8, 4) is 17.5 Å². The van der Waals surface area contributed by atoms with Crippen LogP contribution in [0.1, 0.15) is 53.1 Å². The summed E-state index contributed by atoms with van der Waals surface area (Å²) in [6.45, 7) is 10.9. The van der Waals surface area contributed by atoms with Crippen molar-refractivity contribution in [1.29, 1.82) is 5.26 Å². The van der Waals surface area contributed by atoms with E-state index in [1.165, 1.54) is 27.1 Å². The van der Waals surface area contributed by atoms with Crippen LogP contribution in [0.15, 0.2) is 23.2 Å². The third kappa shape index (κ3) is 4.85. The van der Waals surface area contributed by atoms with Gasteiger partial charge in [-0.05, 0) is 49.7 Å². The number of thioether (sulfide) groups is 1. The van der Waals surface area contributed by atoms with Crippen LogP contribution in [0, 0.1) is 24.2 Å². The van der Waals surface area contributed by atoms with Crippen molar-refractivity contribution in [3.05, 3.63) is 44.5 Å². The first kappa shape index (κ1) is 24.7. The van der Waals surface area contributed by atoms with E-state index in [4.69, 9.17) is 0 Å². The Kier molecular flexibility index (Phi) is 7.91. The smallest absolute Gasteiger partial charge is 0.235 e. The van der Waals surface area contributed by atoms with Crippen LogP contribution in [-0.2, 0) is 30.6 Å². The summed E-state index contributed by atoms with van der Waals surface area (Å²) >= 11 is 4.64. The predicted molar refractivity (Wildman–Crippen MR) is 142 cm³/mol. The van der Waals surface area contributed by atoms with Gasteiger partial charge in [0, 0.05) is 27.2 Å². The molecule has 3 heterocycles. The van der Waals surface area contributed by atoms with Crippen molar-refractivity contribution in [2.45, 2.75) is 64.6 Å². The fourth-order valence-electron chi connectivity index (χ4n) is 4.50. The number of aromatic nitrogens is 3. The van der Waals surface area contributed by atoms with Gasteiger partial charge in [-0.1, -0.05) is 38.1 Å². The Labute approximate surface area is 213 Å². The lowest BCUT2D eigenvalue weighted by Gasteiger charge is -2.20. The maximum atomic E-state index is 12.8. The molecular formula is C25H29N5OS3. The largest absolute Gasteiger partial charge is 0.316 e. The lowest BCUT2D eigenvalue weighted by Crippen LogP contribution is -2.15. The summed E-state index contributed by atoms with van der Waals surface area (Å²) < 4.78 is 2.01. The van der Waals surface area contributed by atoms with E-state index >= 15 is 0 Å². The molecule has 1 unspecified atom stereocenters. The number of nitrogens with one attached hydrogen (secondary N) is 1. The summed E-state index contributed by atoms with van der Waals surface area (Å²) in [4.78, 5) is 15.4. The first-order valence-corrected chi connectivity index (χ1v) is 14.3. The SMILES string of the molecule is C=CCn1c(SCC(=O)Nc2sc3c(c2C#N)CCC(CC)C3)nnc1-c1csc(C)c1CC. The molecule has 4 rings (SSSR count). The first-order valence-electron chi connectivity index (χ1n) is 11.6. The van der Waals surface area contributed by atoms with Gasteiger partial charge >= 0.3 is 0 Å². The van der Waals surface area contributed by atoms with Crippen molar-refractivity contribution in [2.24, 2.45) is 5.92 Å². The highest BCUT2D eigenvalue weighted by atomic mass is 32.2. The van der Waals surface area contributed by atoms with Crippen molar-refractivity contribution >= 4 is 45.3 Å². The van der Waals surface area contributed by atoms with Gasteiger partial charge in [0.2, 0.25) is 5.91 Å². The Hall–Kier alpha value is -2.41. The number of rotatable bonds is 9. The van der Waals surface area contributed by atoms with E-state index in [0.717, 1.165) is 49.1 Å². The molecule has 9 heteroatoms. The molecule has 34 heavy (non-hydrogen) atoms. The van der Waals surface area contributed by atoms with Crippen molar-refractivity contribution in [1.82, 2.24) is 14.8 Å². The fourth-order valence-corrected chi connectivity index (χ4v) is 7.51. The van der Waals surface area contributed by atoms with Gasteiger partial charge in [-0.3, -0.25) is 9.36 Å². The third-order valence-corrected chi connectivity index (χ3v) is 9.46. The second kappa shape index (κ2) is 10.9. The number of nitrogens with zero attached hydrogens (tertiary/aromatic N) is 4. The second-order valence-corrected chi connectivity index (χ2v) is 11.5. The summed E-state index contributed by atoms with van der Waals surface area (Å²) in [7, 11) is 0. The summed E-state index contributed by atoms with van der Waals surface area (Å²) in [5.41, 5.74) is 4.16. The van der Waals surface area contributed by atoms with Gasteiger partial charge in [0.1, 0.15) is 11.1 Å². The van der Waals surface area contributed by atoms with E-state index in [1.54, 1.807) is 22.7 Å². The molecule has 6 nitrogen and oxygen atoms in total. The lowest BCUT2D eigenvalue weighted by molar-refractivity contribution is -0.113. The van der Waals surface area contributed by atoms with Crippen LogP contribution in [0.25, 0.3) is 11.4 Å². The maximum absolute atomic E-state index is 12.8. The number of carbonyl (C=O) groups is 1. The lowest BCUT2D eigenvalue weighted by atomic mass is 9.86. The highest BCUT2D eigenvalue weighted by Gasteiger charge is 2.26. The zero-order valence-electron chi connectivity index (χ0n) is 19.8. The Bertz CT molecular complexity index is 1250. The third-order valence-electron chi connectivity index (χ3n) is 6.37. The summed E-state index contributed by atoms with van der Waals surface area (Å²) in [5.74, 6) is 1.54. The average Bonchev–Trinajstić information content (AvgIpc) is 3.51. The summed E-state index contributed by atoms with van der Waals surface area (Å²) in [6.07, 6.45) is 6.94. The molecule has 0 bridgehead atoms. The number of anilines is 1. The Morgan fingerprint density at radius 1 is 1.44 bits per heavy atom. The van der Waals surface area contributed by atoms with Gasteiger partial charge in [0.15, 0.2) is 11.0 Å². The van der Waals surface area contributed by atoms with Gasteiger partial charge < -0.3 is 5.32 Å². The quantitative estimate of drug-likeness (QED) is 0.271. The highest BCUT2D eigenvalue weighted by molar-refractivity contribution is 7.99. The molecular weight excluding hydrogens is 483 g/mol. The standard InChI is InChI=1S/C25H29N5OS3/c1-5-10-30-23(20-13-32-15(4)17(20)7-3)28-29-25(30)33-14-22(31)27-24-19(12-26)18-9-8-16(6-2)11-21(18)34-24/h5,13,16H,1,6-11,14H2,2-4H3,(H,27,31). The van der Waals surface area contributed by atoms with E-state index in [1.807, 2.05) is 10.6 Å². The van der Waals surface area contributed by atoms with Gasteiger partial charge in [-0.2, -0.15) is 5.26 Å². The zero-order valence-corrected chi connectivity index (χ0v) is 22.3. The summed E-state index contributed by atoms with van der Waals surface area (Å²) in [6, 6.07) is 2.33. The van der Waals surface area contributed by atoms with E-state index < -0.39 is 0 Å². The van der Waals surface area contributed by atoms with Crippen LogP contribution in [0.3, 0.4) is 0 Å². The molecule has 1 atom stereocenters. The van der Waals surface area contributed by atoms with Crippen LogP contribution >= 0.6 is 34.4 Å². The van der Waals surface area contributed by atoms with Gasteiger partial charge in [-0.25, -0.2) is 0 Å². The molecule has 3 aromatic heterocycles. The molecule has 1 N–H and O–H groups in total. The molecule has 0 saturated carbocycles. The predicted octanol–water partition coefficient (Wildman–Crippen LogP) is 6.24. The number of fused-ring (bicyclic) bond motifs is 1. The molecule has 1 amide bonds. The topological polar surface area (TPSA) is 83.6 Å². The van der Waals surface area contributed by atoms with Gasteiger partial charge in [-0.15, -0.1) is 39.4 Å². The number of hydrogen-bond donors (Lipinski definition) is 1. The van der Waals surface area contributed by atoms with Crippen LogP contribution < -0.4 is 5.32 Å². The molecule has 1 aliphatic rings. The minimum atomic E-state index is -0.137.